The highest BCUT2D eigenvalue weighted by Gasteiger charge is 2.33. The fourth-order valence-electron chi connectivity index (χ4n) is 2.85. The second-order valence-electron chi connectivity index (χ2n) is 7.54. The van der Waals surface area contributed by atoms with Gasteiger partial charge < -0.3 is 5.32 Å². The van der Waals surface area contributed by atoms with Crippen molar-refractivity contribution in [3.05, 3.63) is 0 Å². The predicted octanol–water partition coefficient (Wildman–Crippen LogP) is 3.77. The fourth-order valence-corrected chi connectivity index (χ4v) is 2.85. The molecule has 0 spiro atoms. The summed E-state index contributed by atoms with van der Waals surface area (Å²) >= 11 is 0. The zero-order valence-electron chi connectivity index (χ0n) is 14.3. The molecule has 114 valence electrons. The van der Waals surface area contributed by atoms with Gasteiger partial charge in [0.15, 0.2) is 0 Å². The van der Waals surface area contributed by atoms with Crippen LogP contribution in [0.5, 0.6) is 0 Å². The van der Waals surface area contributed by atoms with Crippen LogP contribution in [-0.2, 0) is 0 Å². The van der Waals surface area contributed by atoms with Crippen LogP contribution in [0, 0.1) is 17.3 Å². The van der Waals surface area contributed by atoms with E-state index < -0.39 is 0 Å². The molecule has 1 heterocycles. The monoisotopic (exact) mass is 268 g/mol. The van der Waals surface area contributed by atoms with E-state index >= 15 is 0 Å². The topological polar surface area (TPSA) is 15.3 Å². The van der Waals surface area contributed by atoms with Crippen LogP contribution in [0.3, 0.4) is 0 Å². The first-order chi connectivity index (χ1) is 8.81. The maximum atomic E-state index is 3.77. The summed E-state index contributed by atoms with van der Waals surface area (Å²) in [7, 11) is 0. The SMILES string of the molecule is CCC(C)C1CN(CC(C)(C)C(C)C)C(CC)CN1. The van der Waals surface area contributed by atoms with Crippen LogP contribution < -0.4 is 5.32 Å². The average Bonchev–Trinajstić information content (AvgIpc) is 2.37. The third kappa shape index (κ3) is 4.46. The van der Waals surface area contributed by atoms with E-state index in [1.165, 1.54) is 32.5 Å². The largest absolute Gasteiger partial charge is 0.311 e. The summed E-state index contributed by atoms with van der Waals surface area (Å²) in [6, 6.07) is 1.40. The normalized spacial score (nSPS) is 27.8. The third-order valence-corrected chi connectivity index (χ3v) is 5.54. The summed E-state index contributed by atoms with van der Waals surface area (Å²) in [6.45, 7) is 20.2. The first-order valence-corrected chi connectivity index (χ1v) is 8.29. The van der Waals surface area contributed by atoms with Crippen molar-refractivity contribution in [2.24, 2.45) is 17.3 Å². The Bertz CT molecular complexity index is 260. The number of piperazine rings is 1. The van der Waals surface area contributed by atoms with E-state index in [0.29, 0.717) is 11.5 Å². The van der Waals surface area contributed by atoms with Gasteiger partial charge in [0.1, 0.15) is 0 Å². The second-order valence-corrected chi connectivity index (χ2v) is 7.54. The van der Waals surface area contributed by atoms with Crippen LogP contribution in [0.2, 0.25) is 0 Å². The van der Waals surface area contributed by atoms with E-state index in [4.69, 9.17) is 0 Å². The van der Waals surface area contributed by atoms with Crippen molar-refractivity contribution >= 4 is 0 Å². The van der Waals surface area contributed by atoms with Gasteiger partial charge in [-0.3, -0.25) is 4.90 Å². The summed E-state index contributed by atoms with van der Waals surface area (Å²) in [5, 5.41) is 3.77. The van der Waals surface area contributed by atoms with E-state index in [0.717, 1.165) is 17.9 Å². The number of nitrogens with zero attached hydrogens (tertiary/aromatic N) is 1. The molecule has 0 aromatic heterocycles. The lowest BCUT2D eigenvalue weighted by Crippen LogP contribution is -2.60. The van der Waals surface area contributed by atoms with Gasteiger partial charge in [-0.15, -0.1) is 0 Å². The molecule has 1 saturated heterocycles. The minimum atomic E-state index is 0.408. The summed E-state index contributed by atoms with van der Waals surface area (Å²) in [5.41, 5.74) is 0.408. The molecule has 19 heavy (non-hydrogen) atoms. The highest BCUT2D eigenvalue weighted by atomic mass is 15.2. The summed E-state index contributed by atoms with van der Waals surface area (Å²) in [4.78, 5) is 2.76. The number of nitrogens with one attached hydrogen (secondary N) is 1. The van der Waals surface area contributed by atoms with Crippen LogP contribution in [-0.4, -0.2) is 36.6 Å². The van der Waals surface area contributed by atoms with E-state index in [1.807, 2.05) is 0 Å². The van der Waals surface area contributed by atoms with Gasteiger partial charge in [0.2, 0.25) is 0 Å². The second kappa shape index (κ2) is 7.08. The lowest BCUT2D eigenvalue weighted by molar-refractivity contribution is 0.0513. The molecule has 3 unspecified atom stereocenters. The molecule has 0 aromatic carbocycles. The molecule has 0 radical (unpaired) electrons. The Labute approximate surface area is 121 Å². The summed E-state index contributed by atoms with van der Waals surface area (Å²) < 4.78 is 0. The number of hydrogen-bond acceptors (Lipinski definition) is 2. The summed E-state index contributed by atoms with van der Waals surface area (Å²) in [6.07, 6.45) is 2.53. The molecule has 3 atom stereocenters. The zero-order chi connectivity index (χ0) is 14.6. The molecule has 2 nitrogen and oxygen atoms in total. The van der Waals surface area contributed by atoms with Gasteiger partial charge in [0.05, 0.1) is 0 Å². The van der Waals surface area contributed by atoms with Crippen molar-refractivity contribution < 1.29 is 0 Å². The maximum absolute atomic E-state index is 3.77. The Balaban J connectivity index is 2.70. The zero-order valence-corrected chi connectivity index (χ0v) is 14.3. The van der Waals surface area contributed by atoms with Crippen molar-refractivity contribution in [1.29, 1.82) is 0 Å². The third-order valence-electron chi connectivity index (χ3n) is 5.54. The molecule has 0 aliphatic carbocycles. The van der Waals surface area contributed by atoms with E-state index in [9.17, 15) is 0 Å². The highest BCUT2D eigenvalue weighted by Crippen LogP contribution is 2.29. The Hall–Kier alpha value is -0.0800. The highest BCUT2D eigenvalue weighted by molar-refractivity contribution is 4.90. The molecule has 0 amide bonds. The molecule has 0 saturated carbocycles. The summed E-state index contributed by atoms with van der Waals surface area (Å²) in [5.74, 6) is 1.52. The first-order valence-electron chi connectivity index (χ1n) is 8.29. The van der Waals surface area contributed by atoms with Crippen molar-refractivity contribution in [3.8, 4) is 0 Å². The molecule has 0 aromatic rings. The lowest BCUT2D eigenvalue weighted by atomic mass is 9.80. The quantitative estimate of drug-likeness (QED) is 0.789. The fraction of sp³-hybridized carbons (Fsp3) is 1.00. The van der Waals surface area contributed by atoms with Crippen LogP contribution in [0.25, 0.3) is 0 Å². The molecule has 1 fully saturated rings. The van der Waals surface area contributed by atoms with Crippen molar-refractivity contribution in [2.45, 2.75) is 73.4 Å². The molecular formula is C17H36N2. The predicted molar refractivity (Wildman–Crippen MR) is 85.5 cm³/mol. The van der Waals surface area contributed by atoms with Crippen LogP contribution >= 0.6 is 0 Å². The Morgan fingerprint density at radius 2 is 1.84 bits per heavy atom. The molecule has 2 heteroatoms. The van der Waals surface area contributed by atoms with Gasteiger partial charge in [0, 0.05) is 31.7 Å². The molecule has 1 rings (SSSR count). The first kappa shape index (κ1) is 17.0. The molecule has 1 aliphatic rings. The lowest BCUT2D eigenvalue weighted by Gasteiger charge is -2.46. The van der Waals surface area contributed by atoms with Gasteiger partial charge in [-0.25, -0.2) is 0 Å². The average molecular weight is 268 g/mol. The minimum Gasteiger partial charge on any atom is -0.311 e. The van der Waals surface area contributed by atoms with Crippen molar-refractivity contribution in [3.63, 3.8) is 0 Å². The van der Waals surface area contributed by atoms with Crippen molar-refractivity contribution in [1.82, 2.24) is 10.2 Å². The molecule has 1 aliphatic heterocycles. The van der Waals surface area contributed by atoms with E-state index in [2.05, 4.69) is 58.7 Å². The molecular weight excluding hydrogens is 232 g/mol. The Kier molecular flexibility index (Phi) is 6.32. The standard InChI is InChI=1S/C17H36N2/c1-8-14(5)16-11-19(15(9-2)10-18-16)12-17(6,7)13(3)4/h13-16,18H,8-12H2,1-7H3. The van der Waals surface area contributed by atoms with Crippen molar-refractivity contribution in [2.75, 3.05) is 19.6 Å². The van der Waals surface area contributed by atoms with Crippen LogP contribution in [0.1, 0.15) is 61.3 Å². The maximum Gasteiger partial charge on any atom is 0.0221 e. The van der Waals surface area contributed by atoms with Gasteiger partial charge in [-0.1, -0.05) is 54.9 Å². The minimum absolute atomic E-state index is 0.408. The van der Waals surface area contributed by atoms with Gasteiger partial charge in [-0.05, 0) is 23.7 Å². The van der Waals surface area contributed by atoms with Crippen LogP contribution in [0.4, 0.5) is 0 Å². The van der Waals surface area contributed by atoms with Gasteiger partial charge in [-0.2, -0.15) is 0 Å². The molecule has 0 bridgehead atoms. The van der Waals surface area contributed by atoms with E-state index in [1.54, 1.807) is 0 Å². The van der Waals surface area contributed by atoms with Crippen LogP contribution in [0.15, 0.2) is 0 Å². The molecule has 1 N–H and O–H groups in total. The number of rotatable bonds is 6. The van der Waals surface area contributed by atoms with Gasteiger partial charge >= 0.3 is 0 Å². The number of hydrogen-bond donors (Lipinski definition) is 1. The van der Waals surface area contributed by atoms with Gasteiger partial charge in [0.25, 0.3) is 0 Å². The van der Waals surface area contributed by atoms with E-state index in [-0.39, 0.29) is 0 Å². The Morgan fingerprint density at radius 3 is 2.32 bits per heavy atom. The Morgan fingerprint density at radius 1 is 1.21 bits per heavy atom. The smallest absolute Gasteiger partial charge is 0.0221 e.